The number of phosphoric ester groups is 1. The van der Waals surface area contributed by atoms with Crippen LogP contribution in [0.25, 0.3) is 0 Å². The number of esters is 2. The molecule has 0 saturated heterocycles. The van der Waals surface area contributed by atoms with Crippen molar-refractivity contribution in [1.82, 2.24) is 0 Å². The summed E-state index contributed by atoms with van der Waals surface area (Å²) in [6.45, 7) is 4.00. The highest BCUT2D eigenvalue weighted by atomic mass is 31.2. The molecule has 2 atom stereocenters. The van der Waals surface area contributed by atoms with Gasteiger partial charge in [-0.1, -0.05) is 57.6 Å². The van der Waals surface area contributed by atoms with Gasteiger partial charge in [0.05, 0.1) is 27.7 Å². The average Bonchev–Trinajstić information content (AvgIpc) is 2.79. The minimum absolute atomic E-state index is 0.0312. The zero-order valence-corrected chi connectivity index (χ0v) is 24.1. The van der Waals surface area contributed by atoms with Crippen LogP contribution in [0.4, 0.5) is 0 Å². The van der Waals surface area contributed by atoms with Crippen LogP contribution in [0.3, 0.4) is 0 Å². The van der Waals surface area contributed by atoms with Crippen LogP contribution in [0.15, 0.2) is 12.2 Å². The van der Waals surface area contributed by atoms with Crippen LogP contribution in [0.1, 0.15) is 90.9 Å². The van der Waals surface area contributed by atoms with Crippen LogP contribution in [0, 0.1) is 0 Å². The van der Waals surface area contributed by atoms with Gasteiger partial charge in [-0.3, -0.25) is 18.6 Å². The molecule has 0 heterocycles. The van der Waals surface area contributed by atoms with E-state index in [1.807, 2.05) is 28.1 Å². The van der Waals surface area contributed by atoms with E-state index >= 15 is 0 Å². The molecule has 0 aromatic rings. The second kappa shape index (κ2) is 20.8. The summed E-state index contributed by atoms with van der Waals surface area (Å²) in [6, 6.07) is 0. The van der Waals surface area contributed by atoms with E-state index in [0.29, 0.717) is 17.4 Å². The van der Waals surface area contributed by atoms with Crippen molar-refractivity contribution in [3.05, 3.63) is 12.2 Å². The predicted octanol–water partition coefficient (Wildman–Crippen LogP) is 5.56. The van der Waals surface area contributed by atoms with Crippen molar-refractivity contribution < 1.29 is 42.1 Å². The van der Waals surface area contributed by atoms with Gasteiger partial charge in [0.15, 0.2) is 6.10 Å². The number of carbonyl (C=O) groups is 2. The molecule has 0 aromatic heterocycles. The number of carbonyl (C=O) groups excluding carboxylic acids is 2. The van der Waals surface area contributed by atoms with E-state index in [0.717, 1.165) is 57.8 Å². The molecule has 9 nitrogen and oxygen atoms in total. The Balaban J connectivity index is 4.55. The number of allylic oxidation sites excluding steroid dienone is 2. The number of likely N-dealkylation sites (N-methyl/N-ethyl adjacent to an activating group) is 1. The zero-order valence-electron chi connectivity index (χ0n) is 23.2. The van der Waals surface area contributed by atoms with Gasteiger partial charge in [-0.25, -0.2) is 4.57 Å². The van der Waals surface area contributed by atoms with Crippen molar-refractivity contribution in [2.24, 2.45) is 0 Å². The van der Waals surface area contributed by atoms with Crippen LogP contribution in [-0.4, -0.2) is 74.9 Å². The molecular weight excluding hydrogens is 485 g/mol. The first-order chi connectivity index (χ1) is 17.0. The standard InChI is InChI=1S/C26H50NO8P/c1-6-8-10-12-13-14-15-17-18-25(28)32-22-24(35-26(29)19-16-11-9-7-2)23-34-36(30,31)33-21-20-27(3,4)5/h6,8,24H,7,9-23H2,1-5H3/p+1/b8-6+/t24-/m1/s1. The molecule has 1 unspecified atom stereocenters. The Kier molecular flexibility index (Phi) is 20.0. The van der Waals surface area contributed by atoms with Crippen molar-refractivity contribution in [3.8, 4) is 0 Å². The summed E-state index contributed by atoms with van der Waals surface area (Å²) in [7, 11) is 1.46. The summed E-state index contributed by atoms with van der Waals surface area (Å²) in [5.74, 6) is -0.841. The number of rotatable bonds is 23. The van der Waals surface area contributed by atoms with Crippen LogP contribution in [0.2, 0.25) is 0 Å². The molecule has 0 saturated carbocycles. The van der Waals surface area contributed by atoms with E-state index in [2.05, 4.69) is 19.1 Å². The summed E-state index contributed by atoms with van der Waals surface area (Å²) in [6.07, 6.45) is 13.5. The van der Waals surface area contributed by atoms with Crippen molar-refractivity contribution in [2.45, 2.75) is 97.0 Å². The highest BCUT2D eigenvalue weighted by Gasteiger charge is 2.27. The van der Waals surface area contributed by atoms with Crippen LogP contribution >= 0.6 is 7.82 Å². The van der Waals surface area contributed by atoms with Gasteiger partial charge in [0.2, 0.25) is 0 Å². The summed E-state index contributed by atoms with van der Waals surface area (Å²) in [4.78, 5) is 34.3. The SMILES string of the molecule is C/C=C/CCCCCCCC(=O)OC[C@H](COP(=O)(O)OCC[N+](C)(C)C)OC(=O)CCCCCC. The van der Waals surface area contributed by atoms with E-state index in [1.165, 1.54) is 0 Å². The number of hydrogen-bond donors (Lipinski definition) is 1. The lowest BCUT2D eigenvalue weighted by molar-refractivity contribution is -0.870. The molecule has 212 valence electrons. The van der Waals surface area contributed by atoms with E-state index < -0.39 is 26.5 Å². The van der Waals surface area contributed by atoms with E-state index in [-0.39, 0.29) is 32.0 Å². The molecule has 0 aliphatic rings. The molecular formula is C26H51NO8P+. The molecule has 0 amide bonds. The van der Waals surface area contributed by atoms with Crippen LogP contribution < -0.4 is 0 Å². The molecule has 0 spiro atoms. The molecule has 10 heteroatoms. The lowest BCUT2D eigenvalue weighted by Gasteiger charge is -2.24. The first kappa shape index (κ1) is 34.8. The van der Waals surface area contributed by atoms with Gasteiger partial charge in [0, 0.05) is 12.8 Å². The Hall–Kier alpha value is -1.25. The molecule has 0 aliphatic heterocycles. The summed E-state index contributed by atoms with van der Waals surface area (Å²) in [5, 5.41) is 0. The average molecular weight is 537 g/mol. The molecule has 0 fully saturated rings. The van der Waals surface area contributed by atoms with Gasteiger partial charge in [-0.15, -0.1) is 0 Å². The molecule has 0 radical (unpaired) electrons. The Bertz CT molecular complexity index is 663. The van der Waals surface area contributed by atoms with Gasteiger partial charge in [-0.2, -0.15) is 0 Å². The first-order valence-electron chi connectivity index (χ1n) is 13.4. The number of phosphoric acid groups is 1. The predicted molar refractivity (Wildman–Crippen MR) is 141 cm³/mol. The second-order valence-corrected chi connectivity index (χ2v) is 11.5. The molecule has 0 rings (SSSR count). The molecule has 0 bridgehead atoms. The Morgan fingerprint density at radius 1 is 0.889 bits per heavy atom. The van der Waals surface area contributed by atoms with Crippen molar-refractivity contribution >= 4 is 19.8 Å². The van der Waals surface area contributed by atoms with Gasteiger partial charge < -0.3 is 18.9 Å². The summed E-state index contributed by atoms with van der Waals surface area (Å²) >= 11 is 0. The number of nitrogens with zero attached hydrogens (tertiary/aromatic N) is 1. The largest absolute Gasteiger partial charge is 0.472 e. The fourth-order valence-corrected chi connectivity index (χ4v) is 3.93. The first-order valence-corrected chi connectivity index (χ1v) is 14.9. The number of hydrogen-bond acceptors (Lipinski definition) is 7. The van der Waals surface area contributed by atoms with Crippen molar-refractivity contribution in [3.63, 3.8) is 0 Å². The third kappa shape index (κ3) is 23.2. The van der Waals surface area contributed by atoms with Crippen molar-refractivity contribution in [1.29, 1.82) is 0 Å². The maximum atomic E-state index is 12.2. The highest BCUT2D eigenvalue weighted by molar-refractivity contribution is 7.47. The Morgan fingerprint density at radius 2 is 1.50 bits per heavy atom. The molecule has 1 N–H and O–H groups in total. The minimum atomic E-state index is -4.34. The van der Waals surface area contributed by atoms with Crippen LogP contribution in [-0.2, 0) is 32.7 Å². The van der Waals surface area contributed by atoms with Gasteiger partial charge >= 0.3 is 19.8 Å². The number of quaternary nitrogens is 1. The monoisotopic (exact) mass is 536 g/mol. The fourth-order valence-electron chi connectivity index (χ4n) is 3.19. The molecule has 0 aliphatic carbocycles. The summed E-state index contributed by atoms with van der Waals surface area (Å²) < 4.78 is 33.5. The Morgan fingerprint density at radius 3 is 2.14 bits per heavy atom. The zero-order chi connectivity index (χ0) is 27.3. The highest BCUT2D eigenvalue weighted by Crippen LogP contribution is 2.43. The Labute approximate surface area is 218 Å². The number of unbranched alkanes of at least 4 members (excludes halogenated alkanes) is 8. The van der Waals surface area contributed by atoms with Gasteiger partial charge in [0.1, 0.15) is 19.8 Å². The third-order valence-corrected chi connectivity index (χ3v) is 6.37. The quantitative estimate of drug-likeness (QED) is 0.0595. The molecule has 0 aromatic carbocycles. The lowest BCUT2D eigenvalue weighted by Crippen LogP contribution is -2.37. The maximum Gasteiger partial charge on any atom is 0.472 e. The van der Waals surface area contributed by atoms with E-state index in [1.54, 1.807) is 0 Å². The normalized spacial score (nSPS) is 14.5. The van der Waals surface area contributed by atoms with Crippen LogP contribution in [0.5, 0.6) is 0 Å². The van der Waals surface area contributed by atoms with E-state index in [4.69, 9.17) is 18.5 Å². The fraction of sp³-hybridized carbons (Fsp3) is 0.846. The lowest BCUT2D eigenvalue weighted by atomic mass is 10.1. The molecule has 36 heavy (non-hydrogen) atoms. The minimum Gasteiger partial charge on any atom is -0.462 e. The number of ether oxygens (including phenoxy) is 2. The smallest absolute Gasteiger partial charge is 0.462 e. The van der Waals surface area contributed by atoms with Gasteiger partial charge in [0.25, 0.3) is 0 Å². The second-order valence-electron chi connectivity index (χ2n) is 10.1. The van der Waals surface area contributed by atoms with Crippen molar-refractivity contribution in [2.75, 3.05) is 47.5 Å². The van der Waals surface area contributed by atoms with Gasteiger partial charge in [-0.05, 0) is 32.6 Å². The maximum absolute atomic E-state index is 12.2. The topological polar surface area (TPSA) is 108 Å². The third-order valence-electron chi connectivity index (χ3n) is 5.39. The summed E-state index contributed by atoms with van der Waals surface area (Å²) in [5.41, 5.74) is 0. The van der Waals surface area contributed by atoms with E-state index in [9.17, 15) is 19.0 Å².